The molecule has 0 saturated carbocycles. The number of hydrogen-bond donors (Lipinski definition) is 1. The fourth-order valence-electron chi connectivity index (χ4n) is 2.82. The third-order valence-corrected chi connectivity index (χ3v) is 4.37. The second kappa shape index (κ2) is 7.91. The Bertz CT molecular complexity index is 902. The van der Waals surface area contributed by atoms with Crippen LogP contribution >= 0.6 is 0 Å². The van der Waals surface area contributed by atoms with Gasteiger partial charge in [0, 0.05) is 29.3 Å². The standard InChI is InChI=1S/C22H21FN2O/c1-2-3-4-21(26)17-7-5-16(6-8-17)20-13-18(14-25-22(20)24)15-9-11-19(23)12-10-15/h5-14H,2-4H2,1H3,(H2,24,25). The van der Waals surface area contributed by atoms with E-state index in [4.69, 9.17) is 5.73 Å². The van der Waals surface area contributed by atoms with E-state index in [1.165, 1.54) is 12.1 Å². The lowest BCUT2D eigenvalue weighted by Crippen LogP contribution is -1.99. The number of nitrogens with two attached hydrogens (primary N) is 1. The van der Waals surface area contributed by atoms with Gasteiger partial charge in [0.2, 0.25) is 0 Å². The van der Waals surface area contributed by atoms with Crippen LogP contribution in [0.25, 0.3) is 22.3 Å². The molecule has 4 heteroatoms. The summed E-state index contributed by atoms with van der Waals surface area (Å²) in [6.45, 7) is 2.07. The van der Waals surface area contributed by atoms with Crippen molar-refractivity contribution in [3.8, 4) is 22.3 Å². The minimum Gasteiger partial charge on any atom is -0.383 e. The van der Waals surface area contributed by atoms with Crippen molar-refractivity contribution in [2.75, 3.05) is 5.73 Å². The number of rotatable bonds is 6. The van der Waals surface area contributed by atoms with E-state index in [-0.39, 0.29) is 11.6 Å². The molecule has 0 saturated heterocycles. The number of nitrogen functional groups attached to an aromatic ring is 1. The van der Waals surface area contributed by atoms with Gasteiger partial charge in [0.25, 0.3) is 0 Å². The summed E-state index contributed by atoms with van der Waals surface area (Å²) in [6.07, 6.45) is 4.15. The molecule has 1 heterocycles. The number of carbonyl (C=O) groups excluding carboxylic acids is 1. The van der Waals surface area contributed by atoms with E-state index in [1.54, 1.807) is 18.3 Å². The number of carbonyl (C=O) groups is 1. The second-order valence-electron chi connectivity index (χ2n) is 6.27. The maximum Gasteiger partial charge on any atom is 0.162 e. The second-order valence-corrected chi connectivity index (χ2v) is 6.27. The Morgan fingerprint density at radius 3 is 2.31 bits per heavy atom. The Hall–Kier alpha value is -3.01. The molecule has 0 aliphatic carbocycles. The van der Waals surface area contributed by atoms with Gasteiger partial charge >= 0.3 is 0 Å². The van der Waals surface area contributed by atoms with Crippen molar-refractivity contribution in [1.29, 1.82) is 0 Å². The molecule has 26 heavy (non-hydrogen) atoms. The Labute approximate surface area is 152 Å². The highest BCUT2D eigenvalue weighted by Gasteiger charge is 2.10. The molecule has 2 N–H and O–H groups in total. The number of pyridine rings is 1. The first-order chi connectivity index (χ1) is 12.6. The third kappa shape index (κ3) is 3.97. The fraction of sp³-hybridized carbons (Fsp3) is 0.182. The number of ketones is 1. The van der Waals surface area contributed by atoms with Gasteiger partial charge in [-0.05, 0) is 35.7 Å². The highest BCUT2D eigenvalue weighted by molar-refractivity contribution is 5.96. The van der Waals surface area contributed by atoms with Gasteiger partial charge in [0.1, 0.15) is 11.6 Å². The van der Waals surface area contributed by atoms with Crippen LogP contribution in [-0.2, 0) is 0 Å². The monoisotopic (exact) mass is 348 g/mol. The first-order valence-corrected chi connectivity index (χ1v) is 8.73. The van der Waals surface area contributed by atoms with Crippen molar-refractivity contribution in [3.05, 3.63) is 72.2 Å². The number of aromatic nitrogens is 1. The van der Waals surface area contributed by atoms with Crippen molar-refractivity contribution in [1.82, 2.24) is 4.98 Å². The van der Waals surface area contributed by atoms with Crippen LogP contribution in [-0.4, -0.2) is 10.8 Å². The number of unbranched alkanes of at least 4 members (excludes halogenated alkanes) is 1. The van der Waals surface area contributed by atoms with Crippen LogP contribution in [0.5, 0.6) is 0 Å². The fourth-order valence-corrected chi connectivity index (χ4v) is 2.82. The highest BCUT2D eigenvalue weighted by atomic mass is 19.1. The molecule has 0 spiro atoms. The molecule has 3 nitrogen and oxygen atoms in total. The van der Waals surface area contributed by atoms with Crippen LogP contribution < -0.4 is 5.73 Å². The molecule has 0 aliphatic heterocycles. The number of halogens is 1. The SMILES string of the molecule is CCCCC(=O)c1ccc(-c2cc(-c3ccc(F)cc3)cnc2N)cc1. The molecule has 0 radical (unpaired) electrons. The molecule has 3 rings (SSSR count). The average Bonchev–Trinajstić information content (AvgIpc) is 2.67. The van der Waals surface area contributed by atoms with Crippen LogP contribution in [0.2, 0.25) is 0 Å². The summed E-state index contributed by atoms with van der Waals surface area (Å²) in [5.41, 5.74) is 10.2. The Kier molecular flexibility index (Phi) is 5.42. The van der Waals surface area contributed by atoms with Gasteiger partial charge in [-0.25, -0.2) is 9.37 Å². The summed E-state index contributed by atoms with van der Waals surface area (Å²) in [7, 11) is 0. The van der Waals surface area contributed by atoms with E-state index >= 15 is 0 Å². The number of hydrogen-bond acceptors (Lipinski definition) is 3. The largest absolute Gasteiger partial charge is 0.383 e. The van der Waals surface area contributed by atoms with Gasteiger partial charge in [-0.1, -0.05) is 49.7 Å². The van der Waals surface area contributed by atoms with Gasteiger partial charge in [-0.15, -0.1) is 0 Å². The third-order valence-electron chi connectivity index (χ3n) is 4.37. The molecule has 3 aromatic rings. The van der Waals surface area contributed by atoms with Crippen LogP contribution in [0.1, 0.15) is 36.5 Å². The lowest BCUT2D eigenvalue weighted by atomic mass is 9.98. The number of Topliss-reactive ketones (excluding diaryl/α,β-unsaturated/α-hetero) is 1. The van der Waals surface area contributed by atoms with E-state index in [2.05, 4.69) is 11.9 Å². The van der Waals surface area contributed by atoms with Crippen molar-refractivity contribution in [2.45, 2.75) is 26.2 Å². The topological polar surface area (TPSA) is 56.0 Å². The smallest absolute Gasteiger partial charge is 0.162 e. The summed E-state index contributed by atoms with van der Waals surface area (Å²) < 4.78 is 13.1. The number of nitrogens with zero attached hydrogens (tertiary/aromatic N) is 1. The summed E-state index contributed by atoms with van der Waals surface area (Å²) in [5, 5.41) is 0. The highest BCUT2D eigenvalue weighted by Crippen LogP contribution is 2.30. The molecule has 132 valence electrons. The van der Waals surface area contributed by atoms with Crippen molar-refractivity contribution >= 4 is 11.6 Å². The minimum atomic E-state index is -0.277. The van der Waals surface area contributed by atoms with E-state index < -0.39 is 0 Å². The van der Waals surface area contributed by atoms with Crippen LogP contribution in [0.15, 0.2) is 60.8 Å². The Morgan fingerprint density at radius 1 is 1.00 bits per heavy atom. The van der Waals surface area contributed by atoms with E-state index in [0.717, 1.165) is 35.1 Å². The predicted octanol–water partition coefficient (Wildman–Crippen LogP) is 5.51. The van der Waals surface area contributed by atoms with Gasteiger partial charge in [0.15, 0.2) is 5.78 Å². The zero-order chi connectivity index (χ0) is 18.5. The molecule has 0 bridgehead atoms. The first-order valence-electron chi connectivity index (χ1n) is 8.73. The normalized spacial score (nSPS) is 10.7. The number of anilines is 1. The predicted molar refractivity (Wildman–Crippen MR) is 103 cm³/mol. The van der Waals surface area contributed by atoms with Crippen molar-refractivity contribution in [3.63, 3.8) is 0 Å². The van der Waals surface area contributed by atoms with E-state index in [0.29, 0.717) is 17.8 Å². The summed E-state index contributed by atoms with van der Waals surface area (Å²) in [4.78, 5) is 16.4. The molecular formula is C22H21FN2O. The zero-order valence-corrected chi connectivity index (χ0v) is 14.7. The molecular weight excluding hydrogens is 327 g/mol. The minimum absolute atomic E-state index is 0.157. The van der Waals surface area contributed by atoms with E-state index in [9.17, 15) is 9.18 Å². The quantitative estimate of drug-likeness (QED) is 0.598. The van der Waals surface area contributed by atoms with Crippen LogP contribution in [0, 0.1) is 5.82 Å². The molecule has 0 fully saturated rings. The van der Waals surface area contributed by atoms with Gasteiger partial charge in [-0.2, -0.15) is 0 Å². The van der Waals surface area contributed by atoms with Crippen LogP contribution in [0.3, 0.4) is 0 Å². The molecule has 0 aliphatic rings. The lowest BCUT2D eigenvalue weighted by molar-refractivity contribution is 0.0980. The van der Waals surface area contributed by atoms with Gasteiger partial charge < -0.3 is 5.73 Å². The molecule has 0 amide bonds. The van der Waals surface area contributed by atoms with Gasteiger partial charge in [0.05, 0.1) is 0 Å². The molecule has 0 unspecified atom stereocenters. The van der Waals surface area contributed by atoms with E-state index in [1.807, 2.05) is 30.3 Å². The van der Waals surface area contributed by atoms with Crippen molar-refractivity contribution < 1.29 is 9.18 Å². The van der Waals surface area contributed by atoms with Crippen molar-refractivity contribution in [2.24, 2.45) is 0 Å². The van der Waals surface area contributed by atoms with Gasteiger partial charge in [-0.3, -0.25) is 4.79 Å². The lowest BCUT2D eigenvalue weighted by Gasteiger charge is -2.09. The zero-order valence-electron chi connectivity index (χ0n) is 14.7. The molecule has 0 atom stereocenters. The summed E-state index contributed by atoms with van der Waals surface area (Å²) >= 11 is 0. The Morgan fingerprint density at radius 2 is 1.65 bits per heavy atom. The maximum atomic E-state index is 13.1. The molecule has 1 aromatic heterocycles. The summed E-state index contributed by atoms with van der Waals surface area (Å²) in [5.74, 6) is 0.297. The Balaban J connectivity index is 1.90. The molecule has 2 aromatic carbocycles. The maximum absolute atomic E-state index is 13.1. The average molecular weight is 348 g/mol. The summed E-state index contributed by atoms with van der Waals surface area (Å²) in [6, 6.07) is 15.6. The van der Waals surface area contributed by atoms with Crippen LogP contribution in [0.4, 0.5) is 10.2 Å². The number of benzene rings is 2. The first kappa shape index (κ1) is 17.8.